The Morgan fingerprint density at radius 2 is 0.865 bits per heavy atom. The van der Waals surface area contributed by atoms with Crippen LogP contribution in [0.5, 0.6) is 0 Å². The minimum Gasteiger partial charge on any atom is -0.462 e. The first-order valence-electron chi connectivity index (χ1n) is 21.1. The van der Waals surface area contributed by atoms with E-state index in [1.54, 1.807) is 0 Å². The summed E-state index contributed by atoms with van der Waals surface area (Å²) in [5.41, 5.74) is 0. The van der Waals surface area contributed by atoms with Crippen molar-refractivity contribution in [3.05, 3.63) is 85.1 Å². The van der Waals surface area contributed by atoms with Crippen molar-refractivity contribution in [1.29, 1.82) is 0 Å². The molecule has 0 saturated carbocycles. The third-order valence-electron chi connectivity index (χ3n) is 8.43. The molecule has 0 saturated heterocycles. The van der Waals surface area contributed by atoms with Gasteiger partial charge in [0.15, 0.2) is 6.10 Å². The molecular weight excluding hydrogens is 645 g/mol. The molecule has 0 aromatic heterocycles. The highest BCUT2D eigenvalue weighted by atomic mass is 16.6. The molecule has 0 spiro atoms. The SMILES string of the molecule is CC/C=C\C/C=C\C/C=C\C/C=C\CCCOCC(COC(=O)CCCCCCC/C=C\C/C=C\C/C=C\CC)OC(=O)CCCCCCCCC. The third-order valence-corrected chi connectivity index (χ3v) is 8.43. The molecule has 1 atom stereocenters. The highest BCUT2D eigenvalue weighted by molar-refractivity contribution is 5.70. The number of allylic oxidation sites excluding steroid dienone is 14. The number of hydrogen-bond acceptors (Lipinski definition) is 5. The number of ether oxygens (including phenoxy) is 3. The lowest BCUT2D eigenvalue weighted by Gasteiger charge is -2.18. The average molecular weight is 723 g/mol. The van der Waals surface area contributed by atoms with E-state index < -0.39 is 6.10 Å². The fraction of sp³-hybridized carbons (Fsp3) is 0.660. The van der Waals surface area contributed by atoms with E-state index in [1.165, 1.54) is 38.5 Å². The zero-order valence-electron chi connectivity index (χ0n) is 33.8. The molecule has 52 heavy (non-hydrogen) atoms. The van der Waals surface area contributed by atoms with Gasteiger partial charge in [0.05, 0.1) is 6.61 Å². The third kappa shape index (κ3) is 39.9. The predicted molar refractivity (Wildman–Crippen MR) is 223 cm³/mol. The van der Waals surface area contributed by atoms with E-state index in [0.717, 1.165) is 103 Å². The summed E-state index contributed by atoms with van der Waals surface area (Å²) >= 11 is 0. The van der Waals surface area contributed by atoms with Crippen molar-refractivity contribution in [3.63, 3.8) is 0 Å². The molecule has 5 heteroatoms. The quantitative estimate of drug-likeness (QED) is 0.0363. The fourth-order valence-electron chi connectivity index (χ4n) is 5.35. The van der Waals surface area contributed by atoms with Crippen LogP contribution in [-0.2, 0) is 23.8 Å². The topological polar surface area (TPSA) is 61.8 Å². The van der Waals surface area contributed by atoms with Crippen LogP contribution >= 0.6 is 0 Å². The normalized spacial score (nSPS) is 13.1. The van der Waals surface area contributed by atoms with E-state index in [2.05, 4.69) is 106 Å². The van der Waals surface area contributed by atoms with Crippen LogP contribution in [0.25, 0.3) is 0 Å². The molecule has 0 aliphatic heterocycles. The van der Waals surface area contributed by atoms with E-state index in [4.69, 9.17) is 14.2 Å². The van der Waals surface area contributed by atoms with Crippen molar-refractivity contribution in [2.75, 3.05) is 19.8 Å². The van der Waals surface area contributed by atoms with Gasteiger partial charge in [0.2, 0.25) is 0 Å². The summed E-state index contributed by atoms with van der Waals surface area (Å²) in [5, 5.41) is 0. The van der Waals surface area contributed by atoms with Crippen LogP contribution in [0.3, 0.4) is 0 Å². The van der Waals surface area contributed by atoms with Crippen molar-refractivity contribution in [2.24, 2.45) is 0 Å². The predicted octanol–water partition coefficient (Wildman–Crippen LogP) is 13.8. The molecule has 0 aromatic carbocycles. The van der Waals surface area contributed by atoms with Crippen molar-refractivity contribution < 1.29 is 23.8 Å². The lowest BCUT2D eigenvalue weighted by Crippen LogP contribution is -2.30. The Kier molecular flexibility index (Phi) is 40.1. The zero-order valence-corrected chi connectivity index (χ0v) is 33.8. The summed E-state index contributed by atoms with van der Waals surface area (Å²) < 4.78 is 17.1. The molecule has 0 fully saturated rings. The summed E-state index contributed by atoms with van der Waals surface area (Å²) in [7, 11) is 0. The highest BCUT2D eigenvalue weighted by Gasteiger charge is 2.17. The summed E-state index contributed by atoms with van der Waals surface area (Å²) in [6.07, 6.45) is 54.6. The lowest BCUT2D eigenvalue weighted by atomic mass is 10.1. The Bertz CT molecular complexity index is 999. The van der Waals surface area contributed by atoms with Crippen LogP contribution < -0.4 is 0 Å². The maximum absolute atomic E-state index is 12.6. The van der Waals surface area contributed by atoms with Crippen molar-refractivity contribution >= 4 is 11.9 Å². The standard InChI is InChI=1S/C47H78O5/c1-4-7-10-13-16-18-20-22-24-25-27-29-32-34-37-40-46(48)51-44-45(52-47(49)41-38-35-31-15-12-9-6-3)43-50-42-39-36-33-30-28-26-23-21-19-17-14-11-8-5-2/h7-8,10-11,16-19,22-24,26,30,33,45H,4-6,9,12-15,20-21,25,27-29,31-32,34-44H2,1-3H3/b10-7-,11-8-,18-16-,19-17-,24-22-,26-23-,33-30-. The smallest absolute Gasteiger partial charge is 0.306 e. The van der Waals surface area contributed by atoms with Crippen molar-refractivity contribution in [1.82, 2.24) is 0 Å². The molecule has 0 aliphatic rings. The van der Waals surface area contributed by atoms with E-state index in [1.807, 2.05) is 0 Å². The Morgan fingerprint density at radius 1 is 0.442 bits per heavy atom. The molecule has 0 rings (SSSR count). The highest BCUT2D eigenvalue weighted by Crippen LogP contribution is 2.12. The minimum atomic E-state index is -0.570. The second-order valence-corrected chi connectivity index (χ2v) is 13.5. The van der Waals surface area contributed by atoms with Gasteiger partial charge in [-0.2, -0.15) is 0 Å². The van der Waals surface area contributed by atoms with Gasteiger partial charge >= 0.3 is 11.9 Å². The van der Waals surface area contributed by atoms with Gasteiger partial charge in [0.25, 0.3) is 0 Å². The molecule has 0 amide bonds. The second kappa shape index (κ2) is 42.5. The molecule has 0 bridgehead atoms. The number of esters is 2. The molecule has 296 valence electrons. The average Bonchev–Trinajstić information content (AvgIpc) is 3.14. The molecule has 0 radical (unpaired) electrons. The van der Waals surface area contributed by atoms with Gasteiger partial charge in [-0.15, -0.1) is 0 Å². The van der Waals surface area contributed by atoms with Crippen LogP contribution in [-0.4, -0.2) is 37.9 Å². The second-order valence-electron chi connectivity index (χ2n) is 13.5. The maximum Gasteiger partial charge on any atom is 0.306 e. The van der Waals surface area contributed by atoms with Crippen molar-refractivity contribution in [3.8, 4) is 0 Å². The summed E-state index contributed by atoms with van der Waals surface area (Å²) in [6.45, 7) is 7.39. The first kappa shape index (κ1) is 49.1. The minimum absolute atomic E-state index is 0.0510. The van der Waals surface area contributed by atoms with Crippen molar-refractivity contribution in [2.45, 2.75) is 181 Å². The number of carbonyl (C=O) groups is 2. The molecule has 0 aliphatic carbocycles. The number of rotatable bonds is 37. The van der Waals surface area contributed by atoms with E-state index in [0.29, 0.717) is 19.4 Å². The Hall–Kier alpha value is -2.92. The van der Waals surface area contributed by atoms with E-state index in [-0.39, 0.29) is 25.2 Å². The first-order chi connectivity index (χ1) is 25.6. The molecule has 0 aromatic rings. The summed E-state index contributed by atoms with van der Waals surface area (Å²) in [6, 6.07) is 0. The fourth-order valence-corrected chi connectivity index (χ4v) is 5.35. The van der Waals surface area contributed by atoms with Crippen LogP contribution in [0.1, 0.15) is 175 Å². The molecular formula is C47H78O5. The van der Waals surface area contributed by atoms with Gasteiger partial charge < -0.3 is 14.2 Å². The monoisotopic (exact) mass is 723 g/mol. The van der Waals surface area contributed by atoms with Gasteiger partial charge in [-0.3, -0.25) is 9.59 Å². The number of unbranched alkanes of at least 4 members (excludes halogenated alkanes) is 12. The molecule has 5 nitrogen and oxygen atoms in total. The number of hydrogen-bond donors (Lipinski definition) is 0. The van der Waals surface area contributed by atoms with Gasteiger partial charge in [0, 0.05) is 19.4 Å². The molecule has 1 unspecified atom stereocenters. The Labute approximate surface area is 320 Å². The van der Waals surface area contributed by atoms with E-state index in [9.17, 15) is 9.59 Å². The first-order valence-corrected chi connectivity index (χ1v) is 21.1. The lowest BCUT2D eigenvalue weighted by molar-refractivity contribution is -0.163. The van der Waals surface area contributed by atoms with Gasteiger partial charge in [-0.05, 0) is 83.5 Å². The van der Waals surface area contributed by atoms with Gasteiger partial charge in [0.1, 0.15) is 6.61 Å². The van der Waals surface area contributed by atoms with Gasteiger partial charge in [-0.1, -0.05) is 164 Å². The Morgan fingerprint density at radius 3 is 1.38 bits per heavy atom. The van der Waals surface area contributed by atoms with Crippen LogP contribution in [0.2, 0.25) is 0 Å². The largest absolute Gasteiger partial charge is 0.462 e. The maximum atomic E-state index is 12.6. The van der Waals surface area contributed by atoms with Crippen LogP contribution in [0, 0.1) is 0 Å². The van der Waals surface area contributed by atoms with Gasteiger partial charge in [-0.25, -0.2) is 0 Å². The van der Waals surface area contributed by atoms with Crippen LogP contribution in [0.15, 0.2) is 85.1 Å². The zero-order chi connectivity index (χ0) is 37.8. The summed E-state index contributed by atoms with van der Waals surface area (Å²) in [4.78, 5) is 25.1. The van der Waals surface area contributed by atoms with Crippen LogP contribution in [0.4, 0.5) is 0 Å². The van der Waals surface area contributed by atoms with E-state index >= 15 is 0 Å². The molecule has 0 N–H and O–H groups in total. The molecule has 0 heterocycles. The summed E-state index contributed by atoms with van der Waals surface area (Å²) in [5.74, 6) is -0.460. The number of carbonyl (C=O) groups excluding carboxylic acids is 2. The Balaban J connectivity index is 4.31.